The minimum absolute atomic E-state index is 0.0649. The van der Waals surface area contributed by atoms with Gasteiger partial charge >= 0.3 is 0 Å². The zero-order valence-electron chi connectivity index (χ0n) is 19.1. The van der Waals surface area contributed by atoms with E-state index in [1.54, 1.807) is 11.8 Å². The number of halogens is 1. The third kappa shape index (κ3) is 5.09. The lowest BCUT2D eigenvalue weighted by molar-refractivity contribution is 0.416. The van der Waals surface area contributed by atoms with Crippen molar-refractivity contribution in [1.29, 1.82) is 0 Å². The maximum atomic E-state index is 13.8. The largest absolute Gasteiger partial charge is 0.496 e. The van der Waals surface area contributed by atoms with Crippen molar-refractivity contribution in [1.82, 2.24) is 9.78 Å². The van der Waals surface area contributed by atoms with E-state index in [0.29, 0.717) is 13.0 Å². The average Bonchev–Trinajstić information content (AvgIpc) is 2.81. The Morgan fingerprint density at radius 2 is 1.70 bits per heavy atom. The van der Waals surface area contributed by atoms with Crippen molar-refractivity contribution in [3.8, 4) is 16.9 Å². The van der Waals surface area contributed by atoms with E-state index in [1.807, 2.05) is 55.5 Å². The van der Waals surface area contributed by atoms with Gasteiger partial charge in [-0.15, -0.1) is 0 Å². The molecule has 0 aliphatic carbocycles. The van der Waals surface area contributed by atoms with E-state index in [4.69, 9.17) is 9.84 Å². The number of hydrogen-bond acceptors (Lipinski definition) is 3. The van der Waals surface area contributed by atoms with Crippen LogP contribution in [-0.4, -0.2) is 16.9 Å². The second-order valence-electron chi connectivity index (χ2n) is 8.18. The topological polar surface area (TPSA) is 44.1 Å². The fourth-order valence-electron chi connectivity index (χ4n) is 4.23. The first kappa shape index (κ1) is 23.0. The van der Waals surface area contributed by atoms with E-state index in [0.717, 1.165) is 44.6 Å². The first-order chi connectivity index (χ1) is 16.0. The summed E-state index contributed by atoms with van der Waals surface area (Å²) in [5.74, 6) is 0.738. The van der Waals surface area contributed by atoms with Crippen LogP contribution in [0.3, 0.4) is 0 Å². The average molecular weight is 503 g/mol. The Hall–Kier alpha value is -3.18. The van der Waals surface area contributed by atoms with E-state index < -0.39 is 0 Å². The first-order valence-corrected chi connectivity index (χ1v) is 11.8. The van der Waals surface area contributed by atoms with Gasteiger partial charge in [-0.1, -0.05) is 82.2 Å². The van der Waals surface area contributed by atoms with Gasteiger partial charge in [-0.25, -0.2) is 4.68 Å². The van der Waals surface area contributed by atoms with Gasteiger partial charge in [0.1, 0.15) is 5.75 Å². The highest BCUT2D eigenvalue weighted by atomic mass is 79.9. The Bertz CT molecular complexity index is 1340. The van der Waals surface area contributed by atoms with Gasteiger partial charge in [0.05, 0.1) is 19.3 Å². The van der Waals surface area contributed by atoms with Crippen molar-refractivity contribution in [2.24, 2.45) is 0 Å². The number of para-hydroxylation sites is 1. The molecule has 3 aromatic carbocycles. The zero-order valence-corrected chi connectivity index (χ0v) is 20.7. The van der Waals surface area contributed by atoms with Gasteiger partial charge in [0.15, 0.2) is 0 Å². The predicted octanol–water partition coefficient (Wildman–Crippen LogP) is 6.13. The second kappa shape index (κ2) is 10.2. The van der Waals surface area contributed by atoms with E-state index in [2.05, 4.69) is 47.1 Å². The maximum Gasteiger partial charge on any atom is 0.270 e. The molecular weight excluding hydrogens is 476 g/mol. The standard InChI is InChI=1S/C28H27BrN2O2/c1-19-9-8-10-21(17-19)15-16-24-27(23-12-5-7-14-26(23)33-3)20(2)30-31(28(24)32)18-22-11-4-6-13-25(22)29/h4-14,17H,15-16,18H2,1-3H3. The summed E-state index contributed by atoms with van der Waals surface area (Å²) in [6.45, 7) is 4.46. The monoisotopic (exact) mass is 502 g/mol. The van der Waals surface area contributed by atoms with Gasteiger partial charge in [-0.3, -0.25) is 4.79 Å². The van der Waals surface area contributed by atoms with Crippen LogP contribution in [0, 0.1) is 13.8 Å². The quantitative estimate of drug-likeness (QED) is 0.305. The Balaban J connectivity index is 1.84. The van der Waals surface area contributed by atoms with E-state index in [9.17, 15) is 4.79 Å². The Morgan fingerprint density at radius 1 is 0.939 bits per heavy atom. The van der Waals surface area contributed by atoms with Crippen LogP contribution in [0.15, 0.2) is 82.1 Å². The summed E-state index contributed by atoms with van der Waals surface area (Å²) in [5.41, 5.74) is 6.72. The molecule has 1 heterocycles. The van der Waals surface area contributed by atoms with Crippen LogP contribution in [0.5, 0.6) is 5.75 Å². The van der Waals surface area contributed by atoms with Crippen LogP contribution < -0.4 is 10.3 Å². The SMILES string of the molecule is COc1ccccc1-c1c(C)nn(Cc2ccccc2Br)c(=O)c1CCc1cccc(C)c1. The predicted molar refractivity (Wildman–Crippen MR) is 137 cm³/mol. The van der Waals surface area contributed by atoms with Gasteiger partial charge in [0, 0.05) is 21.2 Å². The molecule has 1 aromatic heterocycles. The number of rotatable bonds is 7. The molecule has 0 saturated heterocycles. The van der Waals surface area contributed by atoms with Crippen molar-refractivity contribution in [2.45, 2.75) is 33.2 Å². The molecule has 0 atom stereocenters. The molecule has 0 aliphatic rings. The van der Waals surface area contributed by atoms with E-state index in [-0.39, 0.29) is 5.56 Å². The van der Waals surface area contributed by atoms with Gasteiger partial charge in [0.2, 0.25) is 0 Å². The minimum atomic E-state index is -0.0649. The van der Waals surface area contributed by atoms with Gasteiger partial charge in [-0.05, 0) is 49.9 Å². The molecule has 0 amide bonds. The lowest BCUT2D eigenvalue weighted by atomic mass is 9.94. The molecule has 0 radical (unpaired) electrons. The number of methoxy groups -OCH3 is 1. The minimum Gasteiger partial charge on any atom is -0.496 e. The molecule has 0 N–H and O–H groups in total. The summed E-state index contributed by atoms with van der Waals surface area (Å²) in [5, 5.41) is 4.72. The van der Waals surface area contributed by atoms with Gasteiger partial charge in [-0.2, -0.15) is 5.10 Å². The lowest BCUT2D eigenvalue weighted by Gasteiger charge is -2.18. The molecule has 0 aliphatic heterocycles. The summed E-state index contributed by atoms with van der Waals surface area (Å²) in [6, 6.07) is 24.2. The number of aryl methyl sites for hydroxylation is 3. The van der Waals surface area contributed by atoms with Crippen LogP contribution >= 0.6 is 15.9 Å². The zero-order chi connectivity index (χ0) is 23.4. The second-order valence-corrected chi connectivity index (χ2v) is 9.04. The van der Waals surface area contributed by atoms with Crippen LogP contribution in [0.2, 0.25) is 0 Å². The fourth-order valence-corrected chi connectivity index (χ4v) is 4.64. The Morgan fingerprint density at radius 3 is 2.45 bits per heavy atom. The highest BCUT2D eigenvalue weighted by Gasteiger charge is 2.20. The van der Waals surface area contributed by atoms with Crippen molar-refractivity contribution in [3.63, 3.8) is 0 Å². The third-order valence-corrected chi connectivity index (χ3v) is 6.60. The van der Waals surface area contributed by atoms with Crippen LogP contribution in [0.1, 0.15) is 27.9 Å². The first-order valence-electron chi connectivity index (χ1n) is 11.0. The highest BCUT2D eigenvalue weighted by Crippen LogP contribution is 2.33. The van der Waals surface area contributed by atoms with Gasteiger partial charge in [0.25, 0.3) is 5.56 Å². The molecule has 33 heavy (non-hydrogen) atoms. The normalized spacial score (nSPS) is 10.9. The summed E-state index contributed by atoms with van der Waals surface area (Å²) in [4.78, 5) is 13.8. The molecule has 0 spiro atoms. The molecule has 168 valence electrons. The van der Waals surface area contributed by atoms with E-state index >= 15 is 0 Å². The van der Waals surface area contributed by atoms with Crippen LogP contribution in [-0.2, 0) is 19.4 Å². The molecule has 4 aromatic rings. The summed E-state index contributed by atoms with van der Waals surface area (Å²) >= 11 is 3.59. The van der Waals surface area contributed by atoms with Gasteiger partial charge < -0.3 is 4.74 Å². The molecule has 4 rings (SSSR count). The van der Waals surface area contributed by atoms with Crippen molar-refractivity contribution in [2.75, 3.05) is 7.11 Å². The number of nitrogens with zero attached hydrogens (tertiary/aromatic N) is 2. The molecule has 0 fully saturated rings. The molecule has 0 bridgehead atoms. The number of aromatic nitrogens is 2. The van der Waals surface area contributed by atoms with Crippen molar-refractivity contribution in [3.05, 3.63) is 116 Å². The number of hydrogen-bond donors (Lipinski definition) is 0. The molecule has 4 nitrogen and oxygen atoms in total. The molecule has 5 heteroatoms. The maximum absolute atomic E-state index is 13.8. The number of ether oxygens (including phenoxy) is 1. The molecule has 0 unspecified atom stereocenters. The Labute approximate surface area is 203 Å². The molecular formula is C28H27BrN2O2. The summed E-state index contributed by atoms with van der Waals surface area (Å²) in [7, 11) is 1.65. The third-order valence-electron chi connectivity index (χ3n) is 5.83. The van der Waals surface area contributed by atoms with E-state index in [1.165, 1.54) is 11.1 Å². The fraction of sp³-hybridized carbons (Fsp3) is 0.214. The lowest BCUT2D eigenvalue weighted by Crippen LogP contribution is -2.29. The smallest absolute Gasteiger partial charge is 0.270 e. The summed E-state index contributed by atoms with van der Waals surface area (Å²) in [6.07, 6.45) is 1.40. The summed E-state index contributed by atoms with van der Waals surface area (Å²) < 4.78 is 8.17. The Kier molecular flexibility index (Phi) is 7.09. The highest BCUT2D eigenvalue weighted by molar-refractivity contribution is 9.10. The van der Waals surface area contributed by atoms with Crippen molar-refractivity contribution >= 4 is 15.9 Å². The van der Waals surface area contributed by atoms with Crippen molar-refractivity contribution < 1.29 is 4.74 Å². The van der Waals surface area contributed by atoms with Crippen LogP contribution in [0.25, 0.3) is 11.1 Å². The number of benzene rings is 3. The van der Waals surface area contributed by atoms with Crippen LogP contribution in [0.4, 0.5) is 0 Å². The molecule has 0 saturated carbocycles.